The van der Waals surface area contributed by atoms with E-state index in [0.29, 0.717) is 30.6 Å². The van der Waals surface area contributed by atoms with Gasteiger partial charge in [-0.25, -0.2) is 0 Å². The molecule has 2 heterocycles. The highest BCUT2D eigenvalue weighted by atomic mass is 16.5. The maximum Gasteiger partial charge on any atom is 0.241 e. The quantitative estimate of drug-likeness (QED) is 0.796. The molecule has 3 rings (SSSR count). The van der Waals surface area contributed by atoms with Crippen LogP contribution in [0.3, 0.4) is 0 Å². The number of hydrogen-bond donors (Lipinski definition) is 0. The fourth-order valence-corrected chi connectivity index (χ4v) is 3.17. The summed E-state index contributed by atoms with van der Waals surface area (Å²) >= 11 is 0. The molecule has 0 aliphatic carbocycles. The summed E-state index contributed by atoms with van der Waals surface area (Å²) in [6.45, 7) is 10.2. The van der Waals surface area contributed by atoms with Crippen LogP contribution in [0, 0.1) is 12.8 Å². The monoisotopic (exact) mass is 356 g/mol. The average Bonchev–Trinajstić information content (AvgIpc) is 3.09. The summed E-state index contributed by atoms with van der Waals surface area (Å²) in [5.74, 6) is 2.11. The Morgan fingerprint density at radius 2 is 1.92 bits per heavy atom. The van der Waals surface area contributed by atoms with E-state index in [1.807, 2.05) is 36.1 Å². The number of aromatic nitrogens is 2. The maximum absolute atomic E-state index is 12.2. The number of piperazine rings is 1. The highest BCUT2D eigenvalue weighted by Crippen LogP contribution is 2.20. The first-order valence-electron chi connectivity index (χ1n) is 9.41. The number of carbonyl (C=O) groups is 1. The zero-order chi connectivity index (χ0) is 18.5. The molecule has 1 fully saturated rings. The molecular formula is C20H28N4O2. The smallest absolute Gasteiger partial charge is 0.241 e. The van der Waals surface area contributed by atoms with Crippen molar-refractivity contribution in [2.24, 2.45) is 5.92 Å². The molecule has 140 valence electrons. The Labute approximate surface area is 155 Å². The molecule has 6 heteroatoms. The fourth-order valence-electron chi connectivity index (χ4n) is 3.17. The zero-order valence-electron chi connectivity index (χ0n) is 15.9. The van der Waals surface area contributed by atoms with Crippen molar-refractivity contribution in [1.82, 2.24) is 19.9 Å². The summed E-state index contributed by atoms with van der Waals surface area (Å²) in [5, 5.41) is 4.12. The van der Waals surface area contributed by atoms with Gasteiger partial charge in [-0.05, 0) is 24.8 Å². The molecule has 0 radical (unpaired) electrons. The van der Waals surface area contributed by atoms with E-state index < -0.39 is 0 Å². The minimum absolute atomic E-state index is 0.276. The Morgan fingerprint density at radius 1 is 1.19 bits per heavy atom. The van der Waals surface area contributed by atoms with E-state index in [1.54, 1.807) is 0 Å². The third-order valence-corrected chi connectivity index (χ3v) is 4.87. The molecule has 0 N–H and O–H groups in total. The molecule has 1 amide bonds. The molecule has 1 aromatic heterocycles. The summed E-state index contributed by atoms with van der Waals surface area (Å²) in [5.41, 5.74) is 2.14. The van der Waals surface area contributed by atoms with Crippen molar-refractivity contribution < 1.29 is 9.32 Å². The van der Waals surface area contributed by atoms with Gasteiger partial charge < -0.3 is 9.42 Å². The first-order chi connectivity index (χ1) is 12.5. The van der Waals surface area contributed by atoms with Crippen molar-refractivity contribution in [2.75, 3.05) is 26.2 Å². The van der Waals surface area contributed by atoms with Gasteiger partial charge in [-0.1, -0.05) is 43.3 Å². The predicted octanol–water partition coefficient (Wildman–Crippen LogP) is 3.13. The molecule has 0 atom stereocenters. The molecule has 26 heavy (non-hydrogen) atoms. The van der Waals surface area contributed by atoms with Crippen LogP contribution in [0.5, 0.6) is 0 Å². The first-order valence-corrected chi connectivity index (χ1v) is 9.41. The van der Waals surface area contributed by atoms with Gasteiger partial charge in [-0.15, -0.1) is 0 Å². The standard InChI is InChI=1S/C20H28N4O2/c1-15(2)8-9-19(25)24-12-10-23(11-13-24)14-18-21-20(22-26-18)17-7-5-4-6-16(17)3/h4-7,15H,8-14H2,1-3H3. The molecule has 1 aromatic carbocycles. The average molecular weight is 356 g/mol. The van der Waals surface area contributed by atoms with Crippen LogP contribution in [0.4, 0.5) is 0 Å². The minimum Gasteiger partial charge on any atom is -0.340 e. The van der Waals surface area contributed by atoms with Crippen molar-refractivity contribution in [3.8, 4) is 11.4 Å². The number of hydrogen-bond acceptors (Lipinski definition) is 5. The van der Waals surface area contributed by atoms with Crippen molar-refractivity contribution in [2.45, 2.75) is 40.2 Å². The molecular weight excluding hydrogens is 328 g/mol. The van der Waals surface area contributed by atoms with Crippen LogP contribution < -0.4 is 0 Å². The minimum atomic E-state index is 0.276. The third kappa shape index (κ3) is 4.69. The van der Waals surface area contributed by atoms with E-state index in [-0.39, 0.29) is 5.91 Å². The van der Waals surface area contributed by atoms with Crippen LogP contribution in [0.1, 0.15) is 38.1 Å². The van der Waals surface area contributed by atoms with Gasteiger partial charge in [0, 0.05) is 38.2 Å². The van der Waals surface area contributed by atoms with E-state index in [2.05, 4.69) is 28.9 Å². The van der Waals surface area contributed by atoms with Crippen molar-refractivity contribution in [3.63, 3.8) is 0 Å². The molecule has 1 aliphatic rings. The Kier molecular flexibility index (Phi) is 6.04. The van der Waals surface area contributed by atoms with E-state index in [9.17, 15) is 4.79 Å². The summed E-state index contributed by atoms with van der Waals surface area (Å²) in [7, 11) is 0. The lowest BCUT2D eigenvalue weighted by Crippen LogP contribution is -2.48. The topological polar surface area (TPSA) is 62.5 Å². The Morgan fingerprint density at radius 3 is 2.62 bits per heavy atom. The van der Waals surface area contributed by atoms with Gasteiger partial charge in [-0.2, -0.15) is 4.98 Å². The lowest BCUT2D eigenvalue weighted by atomic mass is 10.1. The molecule has 0 unspecified atom stereocenters. The largest absolute Gasteiger partial charge is 0.340 e. The molecule has 6 nitrogen and oxygen atoms in total. The van der Waals surface area contributed by atoms with Gasteiger partial charge in [0.15, 0.2) is 0 Å². The lowest BCUT2D eigenvalue weighted by Gasteiger charge is -2.34. The highest BCUT2D eigenvalue weighted by Gasteiger charge is 2.22. The number of rotatable bonds is 6. The summed E-state index contributed by atoms with van der Waals surface area (Å²) in [6.07, 6.45) is 1.61. The second-order valence-corrected chi connectivity index (χ2v) is 7.42. The zero-order valence-corrected chi connectivity index (χ0v) is 15.9. The van der Waals surface area contributed by atoms with Crippen LogP contribution in [0.15, 0.2) is 28.8 Å². The van der Waals surface area contributed by atoms with E-state index >= 15 is 0 Å². The van der Waals surface area contributed by atoms with Crippen LogP contribution in [-0.4, -0.2) is 52.0 Å². The summed E-state index contributed by atoms with van der Waals surface area (Å²) in [4.78, 5) is 21.0. The van der Waals surface area contributed by atoms with E-state index in [4.69, 9.17) is 4.52 Å². The first kappa shape index (κ1) is 18.6. The highest BCUT2D eigenvalue weighted by molar-refractivity contribution is 5.76. The summed E-state index contributed by atoms with van der Waals surface area (Å²) < 4.78 is 5.43. The van der Waals surface area contributed by atoms with Crippen molar-refractivity contribution >= 4 is 5.91 Å². The van der Waals surface area contributed by atoms with Gasteiger partial charge in [0.05, 0.1) is 6.54 Å². The van der Waals surface area contributed by atoms with Gasteiger partial charge in [0.1, 0.15) is 0 Å². The van der Waals surface area contributed by atoms with Crippen LogP contribution in [0.25, 0.3) is 11.4 Å². The Balaban J connectivity index is 1.51. The lowest BCUT2D eigenvalue weighted by molar-refractivity contribution is -0.133. The van der Waals surface area contributed by atoms with Crippen LogP contribution in [-0.2, 0) is 11.3 Å². The van der Waals surface area contributed by atoms with Gasteiger partial charge in [0.2, 0.25) is 17.6 Å². The number of amides is 1. The molecule has 0 bridgehead atoms. The molecule has 1 saturated heterocycles. The number of benzene rings is 1. The summed E-state index contributed by atoms with van der Waals surface area (Å²) in [6, 6.07) is 8.03. The number of aryl methyl sites for hydroxylation is 1. The maximum atomic E-state index is 12.2. The molecule has 0 saturated carbocycles. The van der Waals surface area contributed by atoms with Gasteiger partial charge in [-0.3, -0.25) is 9.69 Å². The van der Waals surface area contributed by atoms with Gasteiger partial charge >= 0.3 is 0 Å². The predicted molar refractivity (Wildman–Crippen MR) is 100 cm³/mol. The van der Waals surface area contributed by atoms with E-state index in [1.165, 1.54) is 0 Å². The number of carbonyl (C=O) groups excluding carboxylic acids is 1. The Bertz CT molecular complexity index is 733. The number of nitrogens with zero attached hydrogens (tertiary/aromatic N) is 4. The normalized spacial score (nSPS) is 15.6. The molecule has 0 spiro atoms. The van der Waals surface area contributed by atoms with E-state index in [0.717, 1.165) is 43.7 Å². The van der Waals surface area contributed by atoms with Gasteiger partial charge in [0.25, 0.3) is 0 Å². The molecule has 1 aliphatic heterocycles. The van der Waals surface area contributed by atoms with Crippen LogP contribution >= 0.6 is 0 Å². The second-order valence-electron chi connectivity index (χ2n) is 7.42. The SMILES string of the molecule is Cc1ccccc1-c1noc(CN2CCN(C(=O)CCC(C)C)CC2)n1. The van der Waals surface area contributed by atoms with Crippen molar-refractivity contribution in [1.29, 1.82) is 0 Å². The second kappa shape index (κ2) is 8.45. The Hall–Kier alpha value is -2.21. The van der Waals surface area contributed by atoms with Crippen molar-refractivity contribution in [3.05, 3.63) is 35.7 Å². The molecule has 2 aromatic rings. The third-order valence-electron chi connectivity index (χ3n) is 4.87. The van der Waals surface area contributed by atoms with Crippen LogP contribution in [0.2, 0.25) is 0 Å². The fraction of sp³-hybridized carbons (Fsp3) is 0.550.